The zero-order chi connectivity index (χ0) is 11.4. The van der Waals surface area contributed by atoms with Crippen LogP contribution in [-0.2, 0) is 0 Å². The van der Waals surface area contributed by atoms with Crippen molar-refractivity contribution in [3.05, 3.63) is 22.8 Å². The maximum absolute atomic E-state index is 10.8. The van der Waals surface area contributed by atoms with Crippen LogP contribution in [0.5, 0.6) is 0 Å². The number of aromatic nitrogens is 1. The van der Waals surface area contributed by atoms with Gasteiger partial charge in [-0.05, 0) is 18.6 Å². The first-order chi connectivity index (χ1) is 7.06. The van der Waals surface area contributed by atoms with E-state index in [1.54, 1.807) is 12.1 Å². The van der Waals surface area contributed by atoms with Gasteiger partial charge in [-0.1, -0.05) is 18.5 Å². The van der Waals surface area contributed by atoms with Crippen molar-refractivity contribution in [3.63, 3.8) is 0 Å². The van der Waals surface area contributed by atoms with E-state index in [0.717, 1.165) is 13.0 Å². The van der Waals surface area contributed by atoms with Crippen LogP contribution in [-0.4, -0.2) is 29.7 Å². The summed E-state index contributed by atoms with van der Waals surface area (Å²) in [6.07, 6.45) is 0.975. The average Bonchev–Trinajstić information content (AvgIpc) is 2.18. The number of carboxylic acid groups (broad SMARTS) is 1. The molecule has 15 heavy (non-hydrogen) atoms. The largest absolute Gasteiger partial charge is 0.476 e. The smallest absolute Gasteiger partial charge is 0.356 e. The fourth-order valence-corrected chi connectivity index (χ4v) is 1.43. The summed E-state index contributed by atoms with van der Waals surface area (Å²) in [6, 6.07) is 3.27. The van der Waals surface area contributed by atoms with E-state index in [-0.39, 0.29) is 10.7 Å². The summed E-state index contributed by atoms with van der Waals surface area (Å²) in [5.74, 6) is -0.481. The molecule has 0 spiro atoms. The Hall–Kier alpha value is -1.29. The van der Waals surface area contributed by atoms with E-state index in [1.807, 2.05) is 18.9 Å². The number of halogens is 1. The lowest BCUT2D eigenvalue weighted by atomic mass is 10.3. The van der Waals surface area contributed by atoms with E-state index in [4.69, 9.17) is 16.7 Å². The molecule has 0 unspecified atom stereocenters. The van der Waals surface area contributed by atoms with Gasteiger partial charge in [-0.3, -0.25) is 0 Å². The molecule has 0 amide bonds. The van der Waals surface area contributed by atoms with E-state index in [0.29, 0.717) is 5.82 Å². The molecule has 4 nitrogen and oxygen atoms in total. The molecule has 1 heterocycles. The normalized spacial score (nSPS) is 10.1. The van der Waals surface area contributed by atoms with E-state index in [1.165, 1.54) is 0 Å². The van der Waals surface area contributed by atoms with Crippen molar-refractivity contribution in [2.24, 2.45) is 0 Å². The summed E-state index contributed by atoms with van der Waals surface area (Å²) < 4.78 is 0. The Morgan fingerprint density at radius 2 is 2.27 bits per heavy atom. The quantitative estimate of drug-likeness (QED) is 0.859. The second-order valence-corrected chi connectivity index (χ2v) is 3.63. The molecule has 1 aromatic heterocycles. The number of nitrogens with zero attached hydrogens (tertiary/aromatic N) is 2. The van der Waals surface area contributed by atoms with Gasteiger partial charge >= 0.3 is 5.97 Å². The van der Waals surface area contributed by atoms with Gasteiger partial charge in [0.05, 0.1) is 5.02 Å². The highest BCUT2D eigenvalue weighted by Crippen LogP contribution is 2.18. The second kappa shape index (κ2) is 4.98. The Balaban J connectivity index is 3.02. The van der Waals surface area contributed by atoms with Crippen molar-refractivity contribution in [1.82, 2.24) is 4.98 Å². The number of pyridine rings is 1. The van der Waals surface area contributed by atoms with E-state index >= 15 is 0 Å². The van der Waals surface area contributed by atoms with Gasteiger partial charge in [0.1, 0.15) is 5.82 Å². The van der Waals surface area contributed by atoms with Gasteiger partial charge in [-0.15, -0.1) is 0 Å². The van der Waals surface area contributed by atoms with E-state index in [9.17, 15) is 4.79 Å². The van der Waals surface area contributed by atoms with Gasteiger partial charge in [0.25, 0.3) is 0 Å². The highest BCUT2D eigenvalue weighted by atomic mass is 35.5. The highest BCUT2D eigenvalue weighted by molar-refractivity contribution is 6.33. The molecule has 0 saturated carbocycles. The monoisotopic (exact) mass is 228 g/mol. The van der Waals surface area contributed by atoms with Crippen LogP contribution in [0.2, 0.25) is 5.02 Å². The Morgan fingerprint density at radius 3 is 2.80 bits per heavy atom. The van der Waals surface area contributed by atoms with Crippen LogP contribution >= 0.6 is 11.6 Å². The van der Waals surface area contributed by atoms with Crippen LogP contribution in [0, 0.1) is 0 Å². The average molecular weight is 229 g/mol. The van der Waals surface area contributed by atoms with Gasteiger partial charge in [0.2, 0.25) is 0 Å². The molecule has 0 aromatic carbocycles. The van der Waals surface area contributed by atoms with Gasteiger partial charge in [-0.2, -0.15) is 0 Å². The minimum Gasteiger partial charge on any atom is -0.476 e. The van der Waals surface area contributed by atoms with E-state index in [2.05, 4.69) is 4.98 Å². The number of carbonyl (C=O) groups is 1. The molecule has 0 aliphatic rings. The van der Waals surface area contributed by atoms with Gasteiger partial charge in [-0.25, -0.2) is 9.78 Å². The third kappa shape index (κ3) is 2.83. The van der Waals surface area contributed by atoms with Gasteiger partial charge < -0.3 is 10.0 Å². The van der Waals surface area contributed by atoms with Crippen LogP contribution in [0.4, 0.5) is 5.82 Å². The molecule has 0 saturated heterocycles. The zero-order valence-corrected chi connectivity index (χ0v) is 9.45. The predicted octanol–water partition coefficient (Wildman–Crippen LogP) is 2.28. The van der Waals surface area contributed by atoms with Crippen molar-refractivity contribution in [2.45, 2.75) is 13.3 Å². The van der Waals surface area contributed by atoms with Gasteiger partial charge in [0.15, 0.2) is 5.69 Å². The second-order valence-electron chi connectivity index (χ2n) is 3.23. The highest BCUT2D eigenvalue weighted by Gasteiger charge is 2.12. The fourth-order valence-electron chi connectivity index (χ4n) is 1.24. The third-order valence-electron chi connectivity index (χ3n) is 1.98. The summed E-state index contributed by atoms with van der Waals surface area (Å²) in [4.78, 5) is 16.7. The Morgan fingerprint density at radius 1 is 1.60 bits per heavy atom. The minimum absolute atomic E-state index is 0.0999. The van der Waals surface area contributed by atoms with E-state index < -0.39 is 5.97 Å². The number of carboxylic acids is 1. The van der Waals surface area contributed by atoms with Crippen molar-refractivity contribution >= 4 is 23.4 Å². The first kappa shape index (κ1) is 11.8. The number of aromatic carboxylic acids is 1. The Bertz CT molecular complexity index is 368. The molecule has 5 heteroatoms. The first-order valence-electron chi connectivity index (χ1n) is 4.67. The summed E-state index contributed by atoms with van der Waals surface area (Å²) in [7, 11) is 1.87. The molecule has 1 aromatic rings. The van der Waals surface area contributed by atoms with Crippen LogP contribution in [0.3, 0.4) is 0 Å². The van der Waals surface area contributed by atoms with Crippen molar-refractivity contribution in [3.8, 4) is 0 Å². The zero-order valence-electron chi connectivity index (χ0n) is 8.70. The minimum atomic E-state index is -1.10. The SMILES string of the molecule is CCCN(C)c1ccc(Cl)c(C(=O)O)n1. The molecule has 1 rings (SSSR count). The molecule has 0 aliphatic heterocycles. The van der Waals surface area contributed by atoms with Crippen LogP contribution in [0.25, 0.3) is 0 Å². The molecule has 0 radical (unpaired) electrons. The molecular formula is C10H13ClN2O2. The number of rotatable bonds is 4. The third-order valence-corrected chi connectivity index (χ3v) is 2.29. The number of anilines is 1. The first-order valence-corrected chi connectivity index (χ1v) is 5.05. The standard InChI is InChI=1S/C10H13ClN2O2/c1-3-6-13(2)8-5-4-7(11)9(12-8)10(14)15/h4-5H,3,6H2,1-2H3,(H,14,15). The lowest BCUT2D eigenvalue weighted by Crippen LogP contribution is -2.20. The number of hydrogen-bond acceptors (Lipinski definition) is 3. The van der Waals surface area contributed by atoms with Crippen molar-refractivity contribution < 1.29 is 9.90 Å². The summed E-state index contributed by atoms with van der Waals surface area (Å²) in [5.41, 5.74) is -0.0999. The molecule has 0 fully saturated rings. The number of hydrogen-bond donors (Lipinski definition) is 1. The maximum Gasteiger partial charge on any atom is 0.356 e. The molecule has 82 valence electrons. The van der Waals surface area contributed by atoms with Crippen molar-refractivity contribution in [2.75, 3.05) is 18.5 Å². The lowest BCUT2D eigenvalue weighted by Gasteiger charge is -2.17. The van der Waals surface area contributed by atoms with Crippen LogP contribution in [0.1, 0.15) is 23.8 Å². The topological polar surface area (TPSA) is 53.4 Å². The van der Waals surface area contributed by atoms with Crippen LogP contribution < -0.4 is 4.90 Å². The maximum atomic E-state index is 10.8. The molecule has 0 atom stereocenters. The molecular weight excluding hydrogens is 216 g/mol. The lowest BCUT2D eigenvalue weighted by molar-refractivity contribution is 0.0691. The predicted molar refractivity (Wildman–Crippen MR) is 59.8 cm³/mol. The summed E-state index contributed by atoms with van der Waals surface area (Å²) in [5, 5.41) is 9.00. The summed E-state index contributed by atoms with van der Waals surface area (Å²) in [6.45, 7) is 2.87. The molecule has 1 N–H and O–H groups in total. The van der Waals surface area contributed by atoms with Crippen molar-refractivity contribution in [1.29, 1.82) is 0 Å². The van der Waals surface area contributed by atoms with Crippen LogP contribution in [0.15, 0.2) is 12.1 Å². The fraction of sp³-hybridized carbons (Fsp3) is 0.400. The van der Waals surface area contributed by atoms with Gasteiger partial charge in [0, 0.05) is 13.6 Å². The summed E-state index contributed by atoms with van der Waals surface area (Å²) >= 11 is 5.71. The Labute approximate surface area is 93.5 Å². The molecule has 0 bridgehead atoms. The molecule has 0 aliphatic carbocycles. The Kier molecular flexibility index (Phi) is 3.91.